The highest BCUT2D eigenvalue weighted by molar-refractivity contribution is 14.1. The van der Waals surface area contributed by atoms with Crippen LogP contribution in [0.15, 0.2) is 42.7 Å². The minimum absolute atomic E-state index is 0.254. The van der Waals surface area contributed by atoms with Crippen molar-refractivity contribution in [2.45, 2.75) is 13.8 Å². The summed E-state index contributed by atoms with van der Waals surface area (Å²) in [5.74, 6) is 0.628. The Kier molecular flexibility index (Phi) is 4.20. The Morgan fingerprint density at radius 2 is 1.92 bits per heavy atom. The molecule has 0 radical (unpaired) electrons. The molecule has 0 saturated heterocycles. The van der Waals surface area contributed by atoms with Gasteiger partial charge >= 0.3 is 0 Å². The Balaban J connectivity index is 1.94. The molecule has 0 fully saturated rings. The zero-order valence-corrected chi connectivity index (χ0v) is 16.5. The van der Waals surface area contributed by atoms with E-state index in [9.17, 15) is 4.39 Å². The summed E-state index contributed by atoms with van der Waals surface area (Å²) in [5, 5.41) is 3.42. The third-order valence-corrected chi connectivity index (χ3v) is 5.99. The highest BCUT2D eigenvalue weighted by atomic mass is 127. The number of halogens is 2. The van der Waals surface area contributed by atoms with E-state index in [0.29, 0.717) is 0 Å². The lowest BCUT2D eigenvalue weighted by atomic mass is 10.2. The first-order valence-electron chi connectivity index (χ1n) is 7.65. The van der Waals surface area contributed by atoms with Crippen LogP contribution < -0.4 is 5.32 Å². The van der Waals surface area contributed by atoms with Gasteiger partial charge in [-0.05, 0) is 66.8 Å². The molecule has 0 amide bonds. The fraction of sp³-hybridized carbons (Fsp3) is 0.111. The van der Waals surface area contributed by atoms with Gasteiger partial charge in [0.25, 0.3) is 0 Å². The fourth-order valence-corrected chi connectivity index (χ4v) is 4.25. The summed E-state index contributed by atoms with van der Waals surface area (Å²) in [6, 6.07) is 8.31. The molecule has 0 aliphatic carbocycles. The number of fused-ring (bicyclic) bond motifs is 1. The molecule has 0 spiro atoms. The van der Waals surface area contributed by atoms with Gasteiger partial charge in [0.15, 0.2) is 4.96 Å². The van der Waals surface area contributed by atoms with E-state index in [1.54, 1.807) is 29.7 Å². The van der Waals surface area contributed by atoms with Gasteiger partial charge in [0.05, 0.1) is 0 Å². The summed E-state index contributed by atoms with van der Waals surface area (Å²) >= 11 is 3.93. The SMILES string of the molecule is Cc1sc2nc(-c3ccncc3I)c(Nc3ccc(F)cc3)n2c1C. The minimum atomic E-state index is -0.254. The lowest BCUT2D eigenvalue weighted by Gasteiger charge is -2.10. The first kappa shape index (κ1) is 16.5. The van der Waals surface area contributed by atoms with Crippen molar-refractivity contribution in [3.05, 3.63) is 62.7 Å². The molecule has 1 N–H and O–H groups in total. The lowest BCUT2D eigenvalue weighted by molar-refractivity contribution is 0.628. The van der Waals surface area contributed by atoms with E-state index in [-0.39, 0.29) is 5.82 Å². The molecule has 0 atom stereocenters. The van der Waals surface area contributed by atoms with Crippen molar-refractivity contribution in [3.8, 4) is 11.3 Å². The third-order valence-electron chi connectivity index (χ3n) is 4.07. The van der Waals surface area contributed by atoms with E-state index in [1.807, 2.05) is 12.3 Å². The molecule has 4 rings (SSSR count). The van der Waals surface area contributed by atoms with Gasteiger partial charge in [-0.3, -0.25) is 9.38 Å². The summed E-state index contributed by atoms with van der Waals surface area (Å²) in [7, 11) is 0. The molecule has 0 aliphatic heterocycles. The van der Waals surface area contributed by atoms with Crippen LogP contribution in [-0.4, -0.2) is 14.4 Å². The third kappa shape index (κ3) is 2.91. The number of hydrogen-bond donors (Lipinski definition) is 1. The maximum atomic E-state index is 13.2. The van der Waals surface area contributed by atoms with Crippen LogP contribution in [0.4, 0.5) is 15.9 Å². The number of nitrogens with one attached hydrogen (secondary N) is 1. The number of thiazole rings is 1. The molecule has 0 aliphatic rings. The molecular formula is C18H14FIN4S. The predicted molar refractivity (Wildman–Crippen MR) is 108 cm³/mol. The number of aryl methyl sites for hydroxylation is 2. The van der Waals surface area contributed by atoms with Crippen molar-refractivity contribution < 1.29 is 4.39 Å². The lowest BCUT2D eigenvalue weighted by Crippen LogP contribution is -1.99. The van der Waals surface area contributed by atoms with Crippen LogP contribution in [0.5, 0.6) is 0 Å². The monoisotopic (exact) mass is 464 g/mol. The Bertz CT molecular complexity index is 1070. The van der Waals surface area contributed by atoms with Crippen molar-refractivity contribution in [1.82, 2.24) is 14.4 Å². The van der Waals surface area contributed by atoms with Crippen molar-refractivity contribution in [2.24, 2.45) is 0 Å². The van der Waals surface area contributed by atoms with E-state index < -0.39 is 0 Å². The maximum Gasteiger partial charge on any atom is 0.196 e. The van der Waals surface area contributed by atoms with Gasteiger partial charge in [-0.1, -0.05) is 0 Å². The van der Waals surface area contributed by atoms with Crippen molar-refractivity contribution in [2.75, 3.05) is 5.32 Å². The van der Waals surface area contributed by atoms with Gasteiger partial charge in [0, 0.05) is 37.8 Å². The molecule has 0 unspecified atom stereocenters. The van der Waals surface area contributed by atoms with Gasteiger partial charge in [-0.15, -0.1) is 11.3 Å². The average Bonchev–Trinajstić information content (AvgIpc) is 3.07. The normalized spacial score (nSPS) is 11.2. The van der Waals surface area contributed by atoms with Crippen molar-refractivity contribution >= 4 is 50.4 Å². The van der Waals surface area contributed by atoms with Crippen LogP contribution in [0, 0.1) is 23.2 Å². The predicted octanol–water partition coefficient (Wildman–Crippen LogP) is 5.56. The number of hydrogen-bond acceptors (Lipinski definition) is 4. The highest BCUT2D eigenvalue weighted by Gasteiger charge is 2.20. The number of pyridine rings is 1. The van der Waals surface area contributed by atoms with E-state index in [2.05, 4.69) is 51.1 Å². The molecule has 126 valence electrons. The second kappa shape index (κ2) is 6.38. The first-order valence-corrected chi connectivity index (χ1v) is 9.55. The number of anilines is 2. The van der Waals surface area contributed by atoms with Gasteiger partial charge in [-0.2, -0.15) is 0 Å². The van der Waals surface area contributed by atoms with Gasteiger partial charge in [0.1, 0.15) is 17.3 Å². The van der Waals surface area contributed by atoms with Crippen LogP contribution in [-0.2, 0) is 0 Å². The van der Waals surface area contributed by atoms with Crippen LogP contribution in [0.1, 0.15) is 10.6 Å². The Morgan fingerprint density at radius 3 is 2.64 bits per heavy atom. The van der Waals surface area contributed by atoms with E-state index in [4.69, 9.17) is 4.98 Å². The van der Waals surface area contributed by atoms with Crippen LogP contribution in [0.2, 0.25) is 0 Å². The van der Waals surface area contributed by atoms with Gasteiger partial charge in [0.2, 0.25) is 0 Å². The fourth-order valence-electron chi connectivity index (χ4n) is 2.69. The second-order valence-corrected chi connectivity index (χ2v) is 8.00. The Morgan fingerprint density at radius 1 is 1.16 bits per heavy atom. The van der Waals surface area contributed by atoms with Crippen LogP contribution in [0.3, 0.4) is 0 Å². The second-order valence-electron chi connectivity index (χ2n) is 5.66. The quantitative estimate of drug-likeness (QED) is 0.404. The molecule has 4 nitrogen and oxygen atoms in total. The molecule has 25 heavy (non-hydrogen) atoms. The Hall–Kier alpha value is -2.00. The standard InChI is InChI=1S/C18H14FIN4S/c1-10-11(2)25-18-23-16(14-7-8-21-9-15(14)20)17(24(10)18)22-13-5-3-12(19)4-6-13/h3-9,22H,1-2H3. The molecule has 1 aromatic carbocycles. The number of aromatic nitrogens is 3. The van der Waals surface area contributed by atoms with Crippen molar-refractivity contribution in [1.29, 1.82) is 0 Å². The number of imidazole rings is 1. The van der Waals surface area contributed by atoms with E-state index >= 15 is 0 Å². The topological polar surface area (TPSA) is 42.2 Å². The summed E-state index contributed by atoms with van der Waals surface area (Å²) in [4.78, 5) is 11.2. The molecule has 7 heteroatoms. The van der Waals surface area contributed by atoms with Gasteiger partial charge in [-0.25, -0.2) is 9.37 Å². The maximum absolute atomic E-state index is 13.2. The summed E-state index contributed by atoms with van der Waals surface area (Å²) in [5.41, 5.74) is 3.85. The molecule has 3 aromatic heterocycles. The molecule has 0 saturated carbocycles. The first-order chi connectivity index (χ1) is 12.0. The van der Waals surface area contributed by atoms with Crippen molar-refractivity contribution in [3.63, 3.8) is 0 Å². The minimum Gasteiger partial charge on any atom is -0.339 e. The zero-order chi connectivity index (χ0) is 17.6. The summed E-state index contributed by atoms with van der Waals surface area (Å²) in [6.07, 6.45) is 3.59. The van der Waals surface area contributed by atoms with Crippen LogP contribution in [0.25, 0.3) is 16.2 Å². The number of benzene rings is 1. The van der Waals surface area contributed by atoms with Gasteiger partial charge < -0.3 is 5.32 Å². The smallest absolute Gasteiger partial charge is 0.196 e. The summed E-state index contributed by atoms with van der Waals surface area (Å²) in [6.45, 7) is 4.17. The molecular weight excluding hydrogens is 450 g/mol. The average molecular weight is 464 g/mol. The molecule has 4 aromatic rings. The number of rotatable bonds is 3. The molecule has 0 bridgehead atoms. The zero-order valence-electron chi connectivity index (χ0n) is 13.5. The number of nitrogens with zero attached hydrogens (tertiary/aromatic N) is 3. The summed E-state index contributed by atoms with van der Waals surface area (Å²) < 4.78 is 16.4. The van der Waals surface area contributed by atoms with E-state index in [1.165, 1.54) is 17.0 Å². The van der Waals surface area contributed by atoms with E-state index in [0.717, 1.165) is 37.0 Å². The van der Waals surface area contributed by atoms with Crippen LogP contribution >= 0.6 is 33.9 Å². The Labute approximate surface area is 161 Å². The highest BCUT2D eigenvalue weighted by Crippen LogP contribution is 2.37. The largest absolute Gasteiger partial charge is 0.339 e. The molecule has 3 heterocycles.